The highest BCUT2D eigenvalue weighted by Gasteiger charge is 2.26. The van der Waals surface area contributed by atoms with Gasteiger partial charge in [-0.1, -0.05) is 11.6 Å². The Balaban J connectivity index is 2.90. The van der Waals surface area contributed by atoms with Crippen LogP contribution in [0.3, 0.4) is 0 Å². The first-order valence-corrected chi connectivity index (χ1v) is 6.26. The van der Waals surface area contributed by atoms with Crippen molar-refractivity contribution in [2.24, 2.45) is 0 Å². The van der Waals surface area contributed by atoms with Gasteiger partial charge in [-0.15, -0.1) is 23.2 Å². The minimum absolute atomic E-state index is 0.0872. The molecule has 0 aromatic heterocycles. The van der Waals surface area contributed by atoms with Gasteiger partial charge >= 0.3 is 0 Å². The molecular weight excluding hydrogens is 287 g/mol. The molecule has 1 aromatic rings. The van der Waals surface area contributed by atoms with Crippen molar-refractivity contribution in [1.29, 1.82) is 0 Å². The number of amides is 1. The molecule has 2 nitrogen and oxygen atoms in total. The summed E-state index contributed by atoms with van der Waals surface area (Å²) < 4.78 is 13.5. The zero-order valence-corrected chi connectivity index (χ0v) is 11.3. The number of hydrogen-bond acceptors (Lipinski definition) is 1. The van der Waals surface area contributed by atoms with Gasteiger partial charge < -0.3 is 5.32 Å². The number of halogens is 4. The van der Waals surface area contributed by atoms with E-state index in [0.717, 1.165) is 6.07 Å². The second-order valence-corrected chi connectivity index (χ2v) is 4.88. The highest BCUT2D eigenvalue weighted by atomic mass is 35.5. The highest BCUT2D eigenvalue weighted by Crippen LogP contribution is 2.16. The summed E-state index contributed by atoms with van der Waals surface area (Å²) in [6.45, 7) is 1.68. The quantitative estimate of drug-likeness (QED) is 0.848. The average molecular weight is 299 g/mol. The third-order valence-electron chi connectivity index (χ3n) is 2.18. The van der Waals surface area contributed by atoms with Gasteiger partial charge in [-0.05, 0) is 25.1 Å². The van der Waals surface area contributed by atoms with Crippen molar-refractivity contribution < 1.29 is 9.18 Å². The van der Waals surface area contributed by atoms with Gasteiger partial charge in [0.05, 0.1) is 11.1 Å². The largest absolute Gasteiger partial charge is 0.344 e. The number of alkyl halides is 2. The summed E-state index contributed by atoms with van der Waals surface area (Å²) in [5, 5.41) is 2.82. The monoisotopic (exact) mass is 297 g/mol. The molecule has 1 rings (SSSR count). The van der Waals surface area contributed by atoms with E-state index in [0.29, 0.717) is 0 Å². The van der Waals surface area contributed by atoms with E-state index < -0.39 is 17.3 Å². The summed E-state index contributed by atoms with van der Waals surface area (Å²) in [6.07, 6.45) is 0. The van der Waals surface area contributed by atoms with E-state index in [9.17, 15) is 9.18 Å². The molecule has 0 radical (unpaired) electrons. The molecule has 17 heavy (non-hydrogen) atoms. The van der Waals surface area contributed by atoms with Gasteiger partial charge in [-0.3, -0.25) is 4.79 Å². The van der Waals surface area contributed by atoms with Crippen molar-refractivity contribution in [3.05, 3.63) is 34.6 Å². The van der Waals surface area contributed by atoms with Crippen molar-refractivity contribution >= 4 is 40.7 Å². The Morgan fingerprint density at radius 3 is 2.47 bits per heavy atom. The fourth-order valence-corrected chi connectivity index (χ4v) is 1.70. The summed E-state index contributed by atoms with van der Waals surface area (Å²) in [6, 6.07) is 3.84. The Kier molecular flexibility index (Phi) is 5.04. The van der Waals surface area contributed by atoms with Gasteiger partial charge in [0.15, 0.2) is 0 Å². The van der Waals surface area contributed by atoms with E-state index >= 15 is 0 Å². The van der Waals surface area contributed by atoms with Gasteiger partial charge in [0.1, 0.15) is 5.82 Å². The van der Waals surface area contributed by atoms with Crippen LogP contribution >= 0.6 is 34.8 Å². The normalized spacial score (nSPS) is 11.4. The Labute approximate surface area is 114 Å². The standard InChI is InChI=1S/C11H11Cl3FNO/c1-11(5-12,6-13)16-10(17)8-3-2-7(14)4-9(8)15/h2-4H,5-6H2,1H3,(H,16,17). The molecule has 94 valence electrons. The molecule has 0 aliphatic carbocycles. The number of nitrogens with one attached hydrogen (secondary N) is 1. The Hall–Kier alpha value is -0.510. The second kappa shape index (κ2) is 5.89. The predicted octanol–water partition coefficient (Wildman–Crippen LogP) is 3.45. The lowest BCUT2D eigenvalue weighted by atomic mass is 10.1. The van der Waals surface area contributed by atoms with Crippen LogP contribution < -0.4 is 5.32 Å². The summed E-state index contributed by atoms with van der Waals surface area (Å²) in [4.78, 5) is 11.8. The Morgan fingerprint density at radius 1 is 1.41 bits per heavy atom. The minimum Gasteiger partial charge on any atom is -0.344 e. The third kappa shape index (κ3) is 3.73. The molecular formula is C11H11Cl3FNO. The maximum absolute atomic E-state index is 13.5. The first kappa shape index (κ1) is 14.6. The molecule has 0 saturated heterocycles. The first-order valence-electron chi connectivity index (χ1n) is 4.81. The van der Waals surface area contributed by atoms with E-state index in [2.05, 4.69) is 5.32 Å². The summed E-state index contributed by atoms with van der Waals surface area (Å²) in [7, 11) is 0. The number of hydrogen-bond donors (Lipinski definition) is 1. The molecule has 0 aliphatic rings. The van der Waals surface area contributed by atoms with Crippen LogP contribution in [0.5, 0.6) is 0 Å². The zero-order valence-electron chi connectivity index (χ0n) is 9.07. The molecule has 0 saturated carbocycles. The van der Waals surface area contributed by atoms with Crippen molar-refractivity contribution in [2.45, 2.75) is 12.5 Å². The van der Waals surface area contributed by atoms with E-state index in [1.54, 1.807) is 6.92 Å². The smallest absolute Gasteiger partial charge is 0.254 e. The van der Waals surface area contributed by atoms with E-state index in [1.807, 2.05) is 0 Å². The Bertz CT molecular complexity index is 421. The lowest BCUT2D eigenvalue weighted by Gasteiger charge is -2.25. The zero-order chi connectivity index (χ0) is 13.1. The predicted molar refractivity (Wildman–Crippen MR) is 68.7 cm³/mol. The lowest BCUT2D eigenvalue weighted by Crippen LogP contribution is -2.49. The van der Waals surface area contributed by atoms with Crippen LogP contribution in [0.2, 0.25) is 5.02 Å². The van der Waals surface area contributed by atoms with Crippen molar-refractivity contribution in [1.82, 2.24) is 5.32 Å². The third-order valence-corrected chi connectivity index (χ3v) is 3.60. The molecule has 0 bridgehead atoms. The molecule has 0 fully saturated rings. The molecule has 0 aliphatic heterocycles. The molecule has 1 aromatic carbocycles. The molecule has 1 N–H and O–H groups in total. The fraction of sp³-hybridized carbons (Fsp3) is 0.364. The molecule has 0 heterocycles. The van der Waals surface area contributed by atoms with Gasteiger partial charge in [-0.2, -0.15) is 0 Å². The summed E-state index contributed by atoms with van der Waals surface area (Å²) in [5.41, 5.74) is -0.859. The minimum atomic E-state index is -0.772. The van der Waals surface area contributed by atoms with Gasteiger partial charge in [0.25, 0.3) is 5.91 Å². The van der Waals surface area contributed by atoms with Crippen LogP contribution in [0.25, 0.3) is 0 Å². The van der Waals surface area contributed by atoms with Crippen LogP contribution in [0.4, 0.5) is 4.39 Å². The van der Waals surface area contributed by atoms with Crippen molar-refractivity contribution in [2.75, 3.05) is 11.8 Å². The van der Waals surface area contributed by atoms with E-state index in [1.165, 1.54) is 12.1 Å². The molecule has 0 atom stereocenters. The number of carbonyl (C=O) groups excluding carboxylic acids is 1. The first-order chi connectivity index (χ1) is 7.91. The SMILES string of the molecule is CC(CCl)(CCl)NC(=O)c1ccc(Cl)cc1F. The topological polar surface area (TPSA) is 29.1 Å². The lowest BCUT2D eigenvalue weighted by molar-refractivity contribution is 0.0917. The highest BCUT2D eigenvalue weighted by molar-refractivity contribution is 6.30. The van der Waals surface area contributed by atoms with Crippen molar-refractivity contribution in [3.63, 3.8) is 0 Å². The average Bonchev–Trinajstić information content (AvgIpc) is 2.28. The van der Waals surface area contributed by atoms with Crippen LogP contribution in [-0.4, -0.2) is 23.2 Å². The van der Waals surface area contributed by atoms with E-state index in [-0.39, 0.29) is 22.3 Å². The van der Waals surface area contributed by atoms with Crippen LogP contribution in [0, 0.1) is 5.82 Å². The molecule has 0 spiro atoms. The maximum Gasteiger partial charge on any atom is 0.254 e. The number of rotatable bonds is 4. The summed E-state index contributed by atoms with van der Waals surface area (Å²) in [5.74, 6) is -0.973. The van der Waals surface area contributed by atoms with Crippen LogP contribution in [0.1, 0.15) is 17.3 Å². The van der Waals surface area contributed by atoms with Crippen LogP contribution in [0.15, 0.2) is 18.2 Å². The Morgan fingerprint density at radius 2 is 2.00 bits per heavy atom. The van der Waals surface area contributed by atoms with E-state index in [4.69, 9.17) is 34.8 Å². The number of benzene rings is 1. The molecule has 1 amide bonds. The van der Waals surface area contributed by atoms with Gasteiger partial charge in [0, 0.05) is 16.8 Å². The van der Waals surface area contributed by atoms with Crippen molar-refractivity contribution in [3.8, 4) is 0 Å². The molecule has 0 unspecified atom stereocenters. The molecule has 6 heteroatoms. The second-order valence-electron chi connectivity index (χ2n) is 3.91. The fourth-order valence-electron chi connectivity index (χ4n) is 1.12. The summed E-state index contributed by atoms with van der Waals surface area (Å²) >= 11 is 17.0. The maximum atomic E-state index is 13.5. The van der Waals surface area contributed by atoms with Gasteiger partial charge in [-0.25, -0.2) is 4.39 Å². The van der Waals surface area contributed by atoms with Gasteiger partial charge in [0.2, 0.25) is 0 Å². The van der Waals surface area contributed by atoms with Crippen LogP contribution in [-0.2, 0) is 0 Å². The number of carbonyl (C=O) groups is 1.